The van der Waals surface area contributed by atoms with Crippen LogP contribution in [-0.2, 0) is 6.54 Å². The zero-order chi connectivity index (χ0) is 12.1. The van der Waals surface area contributed by atoms with Crippen molar-refractivity contribution in [3.63, 3.8) is 0 Å². The molecule has 0 spiro atoms. The van der Waals surface area contributed by atoms with Crippen molar-refractivity contribution < 1.29 is 0 Å². The molecule has 1 aliphatic rings. The minimum atomic E-state index is 0.580. The fraction of sp³-hybridized carbons (Fsp3) is 0.533. The lowest BCUT2D eigenvalue weighted by molar-refractivity contribution is 0.421. The highest BCUT2D eigenvalue weighted by molar-refractivity contribution is 5.37. The van der Waals surface area contributed by atoms with Gasteiger partial charge in [-0.05, 0) is 36.3 Å². The highest BCUT2D eigenvalue weighted by Crippen LogP contribution is 2.48. The van der Waals surface area contributed by atoms with Crippen LogP contribution in [0.2, 0.25) is 0 Å². The van der Waals surface area contributed by atoms with E-state index < -0.39 is 0 Å². The van der Waals surface area contributed by atoms with E-state index in [2.05, 4.69) is 18.3 Å². The molecule has 0 aliphatic heterocycles. The Morgan fingerprint density at radius 1 is 1.35 bits per heavy atom. The molecule has 2 rings (SSSR count). The highest BCUT2D eigenvalue weighted by atomic mass is 14.9. The summed E-state index contributed by atoms with van der Waals surface area (Å²) < 4.78 is 0. The van der Waals surface area contributed by atoms with Crippen LogP contribution < -0.4 is 5.32 Å². The van der Waals surface area contributed by atoms with Gasteiger partial charge in [0, 0.05) is 13.1 Å². The topological polar surface area (TPSA) is 35.8 Å². The Morgan fingerprint density at radius 2 is 2.12 bits per heavy atom. The SMILES string of the molecule is CCCC1(CNCc2ccccc2C#N)CC1. The molecule has 0 bridgehead atoms. The Labute approximate surface area is 104 Å². The van der Waals surface area contributed by atoms with Crippen molar-refractivity contribution in [2.75, 3.05) is 6.54 Å². The van der Waals surface area contributed by atoms with Crippen LogP contribution in [-0.4, -0.2) is 6.54 Å². The standard InChI is InChI=1S/C15H20N2/c1-2-7-15(8-9-15)12-17-11-14-6-4-3-5-13(14)10-16/h3-6,17H,2,7-9,11-12H2,1H3. The predicted molar refractivity (Wildman–Crippen MR) is 69.4 cm³/mol. The number of benzene rings is 1. The fourth-order valence-electron chi connectivity index (χ4n) is 2.47. The molecule has 0 atom stereocenters. The average Bonchev–Trinajstić information content (AvgIpc) is 3.10. The van der Waals surface area contributed by atoms with Gasteiger partial charge in [0.05, 0.1) is 11.6 Å². The van der Waals surface area contributed by atoms with E-state index in [1.807, 2.05) is 24.3 Å². The fourth-order valence-corrected chi connectivity index (χ4v) is 2.47. The molecule has 0 amide bonds. The Morgan fingerprint density at radius 3 is 2.76 bits per heavy atom. The smallest absolute Gasteiger partial charge is 0.0995 e. The molecule has 0 saturated heterocycles. The molecular weight excluding hydrogens is 208 g/mol. The molecular formula is C15H20N2. The lowest BCUT2D eigenvalue weighted by Gasteiger charge is -2.15. The van der Waals surface area contributed by atoms with Gasteiger partial charge in [0.15, 0.2) is 0 Å². The van der Waals surface area contributed by atoms with Gasteiger partial charge >= 0.3 is 0 Å². The zero-order valence-corrected chi connectivity index (χ0v) is 10.5. The third-order valence-electron chi connectivity index (χ3n) is 3.69. The van der Waals surface area contributed by atoms with Gasteiger partial charge in [-0.3, -0.25) is 0 Å². The van der Waals surface area contributed by atoms with Crippen LogP contribution in [0.1, 0.15) is 43.7 Å². The third-order valence-corrected chi connectivity index (χ3v) is 3.69. The van der Waals surface area contributed by atoms with E-state index in [0.29, 0.717) is 5.41 Å². The van der Waals surface area contributed by atoms with Crippen molar-refractivity contribution >= 4 is 0 Å². The molecule has 2 nitrogen and oxygen atoms in total. The maximum atomic E-state index is 9.00. The van der Waals surface area contributed by atoms with E-state index in [0.717, 1.165) is 24.2 Å². The molecule has 0 unspecified atom stereocenters. The summed E-state index contributed by atoms with van der Waals surface area (Å²) in [6.07, 6.45) is 5.35. The van der Waals surface area contributed by atoms with E-state index in [1.165, 1.54) is 25.7 Å². The van der Waals surface area contributed by atoms with Gasteiger partial charge in [-0.25, -0.2) is 0 Å². The number of hydrogen-bond acceptors (Lipinski definition) is 2. The van der Waals surface area contributed by atoms with Gasteiger partial charge in [-0.1, -0.05) is 31.5 Å². The van der Waals surface area contributed by atoms with Gasteiger partial charge in [0.2, 0.25) is 0 Å². The molecule has 1 saturated carbocycles. The van der Waals surface area contributed by atoms with Crippen LogP contribution in [0.5, 0.6) is 0 Å². The summed E-state index contributed by atoms with van der Waals surface area (Å²) in [5, 5.41) is 12.5. The first-order chi connectivity index (χ1) is 8.29. The van der Waals surface area contributed by atoms with Crippen molar-refractivity contribution in [3.8, 4) is 6.07 Å². The Bertz CT molecular complexity index is 413. The lowest BCUT2D eigenvalue weighted by atomic mass is 10.0. The van der Waals surface area contributed by atoms with Gasteiger partial charge in [0.25, 0.3) is 0 Å². The van der Waals surface area contributed by atoms with Crippen molar-refractivity contribution in [3.05, 3.63) is 35.4 Å². The minimum Gasteiger partial charge on any atom is -0.312 e. The number of nitrogens with one attached hydrogen (secondary N) is 1. The average molecular weight is 228 g/mol. The number of nitrogens with zero attached hydrogens (tertiary/aromatic N) is 1. The van der Waals surface area contributed by atoms with Gasteiger partial charge < -0.3 is 5.32 Å². The zero-order valence-electron chi connectivity index (χ0n) is 10.5. The molecule has 0 radical (unpaired) electrons. The van der Waals surface area contributed by atoms with E-state index in [1.54, 1.807) is 0 Å². The molecule has 90 valence electrons. The summed E-state index contributed by atoms with van der Waals surface area (Å²) in [7, 11) is 0. The summed E-state index contributed by atoms with van der Waals surface area (Å²) in [4.78, 5) is 0. The largest absolute Gasteiger partial charge is 0.312 e. The van der Waals surface area contributed by atoms with Crippen LogP contribution in [0.3, 0.4) is 0 Å². The van der Waals surface area contributed by atoms with Crippen molar-refractivity contribution in [2.24, 2.45) is 5.41 Å². The monoisotopic (exact) mass is 228 g/mol. The van der Waals surface area contributed by atoms with E-state index in [4.69, 9.17) is 5.26 Å². The Hall–Kier alpha value is -1.33. The van der Waals surface area contributed by atoms with Gasteiger partial charge in [-0.15, -0.1) is 0 Å². The summed E-state index contributed by atoms with van der Waals surface area (Å²) in [5.74, 6) is 0. The van der Waals surface area contributed by atoms with E-state index >= 15 is 0 Å². The number of hydrogen-bond donors (Lipinski definition) is 1. The van der Waals surface area contributed by atoms with Crippen molar-refractivity contribution in [1.29, 1.82) is 5.26 Å². The summed E-state index contributed by atoms with van der Waals surface area (Å²) in [5.41, 5.74) is 2.48. The first kappa shape index (κ1) is 12.1. The Balaban J connectivity index is 1.84. The molecule has 1 aromatic carbocycles. The Kier molecular flexibility index (Phi) is 3.81. The first-order valence-electron chi connectivity index (χ1n) is 6.48. The van der Waals surface area contributed by atoms with Gasteiger partial charge in [-0.2, -0.15) is 5.26 Å². The van der Waals surface area contributed by atoms with Crippen LogP contribution >= 0.6 is 0 Å². The van der Waals surface area contributed by atoms with Crippen molar-refractivity contribution in [2.45, 2.75) is 39.2 Å². The normalized spacial score (nSPS) is 16.5. The van der Waals surface area contributed by atoms with Crippen LogP contribution in [0, 0.1) is 16.7 Å². The number of rotatable bonds is 6. The molecule has 1 N–H and O–H groups in total. The van der Waals surface area contributed by atoms with E-state index in [-0.39, 0.29) is 0 Å². The number of nitriles is 1. The molecule has 0 aromatic heterocycles. The molecule has 1 aliphatic carbocycles. The summed E-state index contributed by atoms with van der Waals surface area (Å²) in [6, 6.07) is 10.1. The molecule has 17 heavy (non-hydrogen) atoms. The van der Waals surface area contributed by atoms with E-state index in [9.17, 15) is 0 Å². The second-order valence-electron chi connectivity index (χ2n) is 5.12. The van der Waals surface area contributed by atoms with Crippen LogP contribution in [0.25, 0.3) is 0 Å². The molecule has 1 aromatic rings. The van der Waals surface area contributed by atoms with Crippen molar-refractivity contribution in [1.82, 2.24) is 5.32 Å². The minimum absolute atomic E-state index is 0.580. The third kappa shape index (κ3) is 3.08. The second-order valence-corrected chi connectivity index (χ2v) is 5.12. The molecule has 1 fully saturated rings. The maximum Gasteiger partial charge on any atom is 0.0995 e. The predicted octanol–water partition coefficient (Wildman–Crippen LogP) is 3.23. The molecule has 0 heterocycles. The molecule has 2 heteroatoms. The quantitative estimate of drug-likeness (QED) is 0.811. The summed E-state index contributed by atoms with van der Waals surface area (Å²) in [6.45, 7) is 4.17. The second kappa shape index (κ2) is 5.33. The van der Waals surface area contributed by atoms with Gasteiger partial charge in [0.1, 0.15) is 0 Å². The van der Waals surface area contributed by atoms with Crippen LogP contribution in [0.4, 0.5) is 0 Å². The van der Waals surface area contributed by atoms with Crippen LogP contribution in [0.15, 0.2) is 24.3 Å². The first-order valence-corrected chi connectivity index (χ1v) is 6.48. The highest BCUT2D eigenvalue weighted by Gasteiger charge is 2.40. The lowest BCUT2D eigenvalue weighted by Crippen LogP contribution is -2.23. The summed E-state index contributed by atoms with van der Waals surface area (Å²) >= 11 is 0. The maximum absolute atomic E-state index is 9.00.